The molecule has 130 valence electrons. The Hall–Kier alpha value is -3.02. The maximum Gasteiger partial charge on any atom is 0.120 e. The first kappa shape index (κ1) is 17.8. The van der Waals surface area contributed by atoms with Gasteiger partial charge in [0.15, 0.2) is 0 Å². The quantitative estimate of drug-likeness (QED) is 0.651. The molecule has 26 heavy (non-hydrogen) atoms. The van der Waals surface area contributed by atoms with Crippen LogP contribution < -0.4 is 10.1 Å². The van der Waals surface area contributed by atoms with E-state index in [0.717, 1.165) is 17.9 Å². The molecule has 0 bridgehead atoms. The van der Waals surface area contributed by atoms with E-state index in [-0.39, 0.29) is 6.04 Å². The van der Waals surface area contributed by atoms with E-state index in [2.05, 4.69) is 72.6 Å². The van der Waals surface area contributed by atoms with Crippen LogP contribution in [0.5, 0.6) is 5.75 Å². The average molecular weight is 341 g/mol. The van der Waals surface area contributed by atoms with Crippen LogP contribution in [-0.2, 0) is 0 Å². The first-order chi connectivity index (χ1) is 12.8. The number of allylic oxidation sites excluding steroid dienone is 1. The van der Waals surface area contributed by atoms with Crippen molar-refractivity contribution in [3.63, 3.8) is 0 Å². The molecule has 1 atom stereocenters. The van der Waals surface area contributed by atoms with Crippen LogP contribution in [0.1, 0.15) is 24.1 Å². The lowest BCUT2D eigenvalue weighted by atomic mass is 10.00. The van der Waals surface area contributed by atoms with Crippen molar-refractivity contribution in [3.8, 4) is 17.6 Å². The zero-order valence-electron chi connectivity index (χ0n) is 15.2. The second-order valence-electron chi connectivity index (χ2n) is 6.10. The van der Waals surface area contributed by atoms with Crippen molar-refractivity contribution in [1.82, 2.24) is 5.32 Å². The van der Waals surface area contributed by atoms with Gasteiger partial charge >= 0.3 is 0 Å². The fourth-order valence-corrected chi connectivity index (χ4v) is 2.93. The molecule has 2 heteroatoms. The van der Waals surface area contributed by atoms with E-state index in [1.807, 2.05) is 30.3 Å². The highest BCUT2D eigenvalue weighted by molar-refractivity contribution is 5.86. The van der Waals surface area contributed by atoms with Crippen molar-refractivity contribution >= 4 is 10.8 Å². The molecule has 0 saturated heterocycles. The van der Waals surface area contributed by atoms with Gasteiger partial charge in [-0.1, -0.05) is 66.4 Å². The number of rotatable bonds is 5. The van der Waals surface area contributed by atoms with Crippen LogP contribution in [-0.4, -0.2) is 13.7 Å². The molecular weight excluding hydrogens is 318 g/mol. The molecule has 0 aliphatic carbocycles. The van der Waals surface area contributed by atoms with Crippen LogP contribution >= 0.6 is 0 Å². The second kappa shape index (κ2) is 8.89. The van der Waals surface area contributed by atoms with Crippen molar-refractivity contribution in [2.45, 2.75) is 13.0 Å². The van der Waals surface area contributed by atoms with Gasteiger partial charge in [0.05, 0.1) is 7.11 Å². The second-order valence-corrected chi connectivity index (χ2v) is 6.10. The summed E-state index contributed by atoms with van der Waals surface area (Å²) in [6.45, 7) is 2.97. The summed E-state index contributed by atoms with van der Waals surface area (Å²) in [5.41, 5.74) is 2.27. The number of fused-ring (bicyclic) bond motifs is 1. The molecule has 0 aliphatic heterocycles. The molecule has 2 nitrogen and oxygen atoms in total. The summed E-state index contributed by atoms with van der Waals surface area (Å²) >= 11 is 0. The minimum Gasteiger partial charge on any atom is -0.497 e. The molecule has 0 spiro atoms. The summed E-state index contributed by atoms with van der Waals surface area (Å²) in [7, 11) is 1.66. The molecule has 1 N–H and O–H groups in total. The lowest BCUT2D eigenvalue weighted by Crippen LogP contribution is -2.18. The lowest BCUT2D eigenvalue weighted by molar-refractivity contribution is 0.414. The Labute approximate surface area is 155 Å². The Kier molecular flexibility index (Phi) is 6.09. The topological polar surface area (TPSA) is 21.3 Å². The van der Waals surface area contributed by atoms with E-state index in [0.29, 0.717) is 0 Å². The minimum atomic E-state index is 0.275. The summed E-state index contributed by atoms with van der Waals surface area (Å²) in [5.74, 6) is 7.01. The maximum atomic E-state index is 5.20. The summed E-state index contributed by atoms with van der Waals surface area (Å²) in [5, 5.41) is 6.11. The molecule has 0 saturated carbocycles. The standard InChI is InChI=1S/C24H23NO/c1-19(23-16-9-13-21-12-5-6-15-24(21)23)25-17-7-3-4-10-20-11-8-14-22(18-20)26-2/h3,5-9,11-16,18-19,25H,17H2,1-2H3/b7-3+/t19-/m1/s1. The number of ether oxygens (including phenoxy) is 1. The van der Waals surface area contributed by atoms with E-state index < -0.39 is 0 Å². The van der Waals surface area contributed by atoms with Crippen molar-refractivity contribution in [3.05, 3.63) is 90.0 Å². The van der Waals surface area contributed by atoms with Gasteiger partial charge in [0.25, 0.3) is 0 Å². The van der Waals surface area contributed by atoms with Gasteiger partial charge < -0.3 is 10.1 Å². The van der Waals surface area contributed by atoms with Crippen LogP contribution in [0.15, 0.2) is 78.9 Å². The number of nitrogens with one attached hydrogen (secondary N) is 1. The first-order valence-corrected chi connectivity index (χ1v) is 8.79. The number of benzene rings is 3. The summed E-state index contributed by atoms with van der Waals surface area (Å²) in [6, 6.07) is 23.0. The predicted molar refractivity (Wildman–Crippen MR) is 109 cm³/mol. The first-order valence-electron chi connectivity index (χ1n) is 8.79. The van der Waals surface area contributed by atoms with E-state index in [1.165, 1.54) is 16.3 Å². The molecule has 0 radical (unpaired) electrons. The Balaban J connectivity index is 1.57. The average Bonchev–Trinajstić information content (AvgIpc) is 2.70. The molecular formula is C24H23NO. The molecule has 3 rings (SSSR count). The SMILES string of the molecule is COc1cccc(C#C/C=C/CN[C@H](C)c2cccc3ccccc23)c1. The van der Waals surface area contributed by atoms with Gasteiger partial charge in [0, 0.05) is 18.2 Å². The van der Waals surface area contributed by atoms with Crippen molar-refractivity contribution in [2.75, 3.05) is 13.7 Å². The third-order valence-electron chi connectivity index (χ3n) is 4.32. The number of hydrogen-bond donors (Lipinski definition) is 1. The van der Waals surface area contributed by atoms with E-state index in [4.69, 9.17) is 4.74 Å². The zero-order chi connectivity index (χ0) is 18.2. The molecule has 0 aromatic heterocycles. The zero-order valence-corrected chi connectivity index (χ0v) is 15.2. The van der Waals surface area contributed by atoms with Gasteiger partial charge in [-0.05, 0) is 47.5 Å². The molecule has 3 aromatic carbocycles. The molecule has 3 aromatic rings. The monoisotopic (exact) mass is 341 g/mol. The van der Waals surface area contributed by atoms with Gasteiger partial charge in [0.1, 0.15) is 5.75 Å². The molecule has 0 unspecified atom stereocenters. The van der Waals surface area contributed by atoms with Crippen molar-refractivity contribution in [2.24, 2.45) is 0 Å². The van der Waals surface area contributed by atoms with Crippen LogP contribution in [0.2, 0.25) is 0 Å². The Morgan fingerprint density at radius 2 is 1.85 bits per heavy atom. The van der Waals surface area contributed by atoms with Crippen LogP contribution in [0.3, 0.4) is 0 Å². The van der Waals surface area contributed by atoms with E-state index in [9.17, 15) is 0 Å². The molecule has 0 aliphatic rings. The van der Waals surface area contributed by atoms with Gasteiger partial charge in [0.2, 0.25) is 0 Å². The fourth-order valence-electron chi connectivity index (χ4n) is 2.93. The Morgan fingerprint density at radius 3 is 2.73 bits per heavy atom. The van der Waals surface area contributed by atoms with Gasteiger partial charge in [-0.2, -0.15) is 0 Å². The largest absolute Gasteiger partial charge is 0.497 e. The minimum absolute atomic E-state index is 0.275. The van der Waals surface area contributed by atoms with E-state index >= 15 is 0 Å². The summed E-state index contributed by atoms with van der Waals surface area (Å²) in [4.78, 5) is 0. The third kappa shape index (κ3) is 4.53. The molecule has 0 heterocycles. The fraction of sp³-hybridized carbons (Fsp3) is 0.167. The highest BCUT2D eigenvalue weighted by Gasteiger charge is 2.07. The Bertz CT molecular complexity index is 957. The summed E-state index contributed by atoms with van der Waals surface area (Å²) in [6.07, 6.45) is 3.94. The number of hydrogen-bond acceptors (Lipinski definition) is 2. The number of methoxy groups -OCH3 is 1. The van der Waals surface area contributed by atoms with Gasteiger partial charge in [-0.15, -0.1) is 0 Å². The Morgan fingerprint density at radius 1 is 1.04 bits per heavy atom. The smallest absolute Gasteiger partial charge is 0.120 e. The normalized spacial score (nSPS) is 11.9. The molecule has 0 amide bonds. The van der Waals surface area contributed by atoms with Crippen LogP contribution in [0, 0.1) is 11.8 Å². The molecule has 0 fully saturated rings. The van der Waals surface area contributed by atoms with E-state index in [1.54, 1.807) is 7.11 Å². The maximum absolute atomic E-state index is 5.20. The third-order valence-corrected chi connectivity index (χ3v) is 4.32. The lowest BCUT2D eigenvalue weighted by Gasteiger charge is -2.15. The highest BCUT2D eigenvalue weighted by Crippen LogP contribution is 2.23. The highest BCUT2D eigenvalue weighted by atomic mass is 16.5. The van der Waals surface area contributed by atoms with Crippen molar-refractivity contribution in [1.29, 1.82) is 0 Å². The van der Waals surface area contributed by atoms with Crippen LogP contribution in [0.25, 0.3) is 10.8 Å². The summed E-state index contributed by atoms with van der Waals surface area (Å²) < 4.78 is 5.20. The van der Waals surface area contributed by atoms with Crippen LogP contribution in [0.4, 0.5) is 0 Å². The predicted octanol–water partition coefficient (Wildman–Crippen LogP) is 5.11. The van der Waals surface area contributed by atoms with Gasteiger partial charge in [-0.3, -0.25) is 0 Å². The van der Waals surface area contributed by atoms with Gasteiger partial charge in [-0.25, -0.2) is 0 Å². The van der Waals surface area contributed by atoms with Crippen molar-refractivity contribution < 1.29 is 4.74 Å².